The molecule has 1 aromatic rings. The number of hydrogen-bond donors (Lipinski definition) is 1. The predicted molar refractivity (Wildman–Crippen MR) is 72.8 cm³/mol. The molecule has 1 atom stereocenters. The van der Waals surface area contributed by atoms with Crippen LogP contribution in [0.15, 0.2) is 36.4 Å². The molecule has 0 fully saturated rings. The average molecular weight is 245 g/mol. The van der Waals surface area contributed by atoms with Crippen LogP contribution >= 0.6 is 0 Å². The van der Waals surface area contributed by atoms with Crippen molar-refractivity contribution in [3.63, 3.8) is 0 Å². The second kappa shape index (κ2) is 6.24. The minimum Gasteiger partial charge on any atom is -0.465 e. The fraction of sp³-hybridized carbons (Fsp3) is 0.400. The van der Waals surface area contributed by atoms with Crippen LogP contribution in [0, 0.1) is 5.92 Å². The topological polar surface area (TPSA) is 38.3 Å². The van der Waals surface area contributed by atoms with E-state index in [4.69, 9.17) is 0 Å². The smallest absolute Gasteiger partial charge is 0.337 e. The molecule has 1 N–H and O–H groups in total. The second-order valence-corrected chi connectivity index (χ2v) is 4.60. The van der Waals surface area contributed by atoms with E-state index in [1.54, 1.807) is 12.1 Å². The second-order valence-electron chi connectivity index (χ2n) is 4.60. The largest absolute Gasteiger partial charge is 0.465 e. The molecule has 3 heteroatoms. The molecule has 0 saturated carbocycles. The van der Waals surface area contributed by atoms with Gasteiger partial charge in [0.25, 0.3) is 0 Å². The summed E-state index contributed by atoms with van der Waals surface area (Å²) < 4.78 is 4.66. The summed E-state index contributed by atoms with van der Waals surface area (Å²) in [5.74, 6) is 0.425. The summed E-state index contributed by atoms with van der Waals surface area (Å²) in [5.41, 5.74) is 1.64. The van der Waals surface area contributed by atoms with Gasteiger partial charge in [-0.2, -0.15) is 0 Å². The van der Waals surface area contributed by atoms with Gasteiger partial charge in [0.1, 0.15) is 0 Å². The molecule has 0 spiro atoms. The molecule has 2 rings (SSSR count). The van der Waals surface area contributed by atoms with E-state index in [1.165, 1.54) is 20.0 Å². The van der Waals surface area contributed by atoms with Crippen molar-refractivity contribution in [3.8, 4) is 0 Å². The number of esters is 1. The molecular weight excluding hydrogens is 226 g/mol. The van der Waals surface area contributed by atoms with Gasteiger partial charge in [-0.15, -0.1) is 0 Å². The van der Waals surface area contributed by atoms with E-state index in [-0.39, 0.29) is 5.97 Å². The van der Waals surface area contributed by atoms with Crippen molar-refractivity contribution < 1.29 is 9.53 Å². The number of nitrogens with one attached hydrogen (secondary N) is 1. The molecule has 0 aliphatic heterocycles. The van der Waals surface area contributed by atoms with E-state index in [2.05, 4.69) is 22.2 Å². The van der Waals surface area contributed by atoms with Crippen molar-refractivity contribution in [2.75, 3.05) is 19.0 Å². The Bertz CT molecular complexity index is 423. The number of benzene rings is 1. The lowest BCUT2D eigenvalue weighted by Crippen LogP contribution is -2.15. The van der Waals surface area contributed by atoms with Crippen molar-refractivity contribution in [2.45, 2.75) is 19.3 Å². The van der Waals surface area contributed by atoms with Gasteiger partial charge >= 0.3 is 5.97 Å². The highest BCUT2D eigenvalue weighted by molar-refractivity contribution is 5.89. The van der Waals surface area contributed by atoms with E-state index in [0.717, 1.165) is 24.6 Å². The molecule has 1 aliphatic rings. The van der Waals surface area contributed by atoms with Crippen LogP contribution in [-0.2, 0) is 4.74 Å². The van der Waals surface area contributed by atoms with E-state index in [9.17, 15) is 4.79 Å². The lowest BCUT2D eigenvalue weighted by Gasteiger charge is -2.18. The Balaban J connectivity index is 1.86. The molecule has 3 nitrogen and oxygen atoms in total. The van der Waals surface area contributed by atoms with Crippen LogP contribution < -0.4 is 5.32 Å². The highest BCUT2D eigenvalue weighted by atomic mass is 16.5. The van der Waals surface area contributed by atoms with Gasteiger partial charge < -0.3 is 10.1 Å². The Kier molecular flexibility index (Phi) is 4.40. The van der Waals surface area contributed by atoms with E-state index < -0.39 is 0 Å². The standard InChI is InChI=1S/C15H19NO2/c1-18-15(17)13-7-9-14(10-8-13)16-11-12-5-3-2-4-6-12/h2-3,7-10,12,16H,4-6,11H2,1H3. The van der Waals surface area contributed by atoms with Crippen LogP contribution in [0.5, 0.6) is 0 Å². The Hall–Kier alpha value is -1.77. The third kappa shape index (κ3) is 3.36. The fourth-order valence-corrected chi connectivity index (χ4v) is 2.15. The van der Waals surface area contributed by atoms with Crippen LogP contribution in [-0.4, -0.2) is 19.6 Å². The maximum absolute atomic E-state index is 11.3. The highest BCUT2D eigenvalue weighted by Crippen LogP contribution is 2.19. The van der Waals surface area contributed by atoms with Crippen molar-refractivity contribution >= 4 is 11.7 Å². The van der Waals surface area contributed by atoms with E-state index >= 15 is 0 Å². The number of carbonyl (C=O) groups is 1. The number of allylic oxidation sites excluding steroid dienone is 2. The molecule has 0 heterocycles. The number of anilines is 1. The Morgan fingerprint density at radius 1 is 1.33 bits per heavy atom. The first-order valence-corrected chi connectivity index (χ1v) is 6.37. The number of methoxy groups -OCH3 is 1. The predicted octanol–water partition coefficient (Wildman–Crippen LogP) is 3.24. The Morgan fingerprint density at radius 2 is 2.11 bits per heavy atom. The van der Waals surface area contributed by atoms with E-state index in [0.29, 0.717) is 5.56 Å². The molecule has 1 unspecified atom stereocenters. The number of carbonyl (C=O) groups excluding carboxylic acids is 1. The molecule has 18 heavy (non-hydrogen) atoms. The highest BCUT2D eigenvalue weighted by Gasteiger charge is 2.09. The molecule has 1 aliphatic carbocycles. The quantitative estimate of drug-likeness (QED) is 0.653. The minimum atomic E-state index is -0.293. The summed E-state index contributed by atoms with van der Waals surface area (Å²) >= 11 is 0. The van der Waals surface area contributed by atoms with Gasteiger partial charge in [-0.05, 0) is 49.4 Å². The summed E-state index contributed by atoms with van der Waals surface area (Å²) in [5, 5.41) is 3.41. The molecule has 1 aromatic carbocycles. The monoisotopic (exact) mass is 245 g/mol. The van der Waals surface area contributed by atoms with Crippen molar-refractivity contribution in [3.05, 3.63) is 42.0 Å². The zero-order valence-electron chi connectivity index (χ0n) is 10.7. The van der Waals surface area contributed by atoms with Crippen molar-refractivity contribution in [1.29, 1.82) is 0 Å². The fourth-order valence-electron chi connectivity index (χ4n) is 2.15. The molecule has 0 amide bonds. The van der Waals surface area contributed by atoms with Crippen LogP contribution in [0.1, 0.15) is 29.6 Å². The van der Waals surface area contributed by atoms with Gasteiger partial charge in [-0.1, -0.05) is 12.2 Å². The SMILES string of the molecule is COC(=O)c1ccc(NCC2CC=CCC2)cc1. The van der Waals surface area contributed by atoms with Gasteiger partial charge in [0.2, 0.25) is 0 Å². The van der Waals surface area contributed by atoms with Crippen molar-refractivity contribution in [2.24, 2.45) is 5.92 Å². The summed E-state index contributed by atoms with van der Waals surface area (Å²) in [6, 6.07) is 7.42. The lowest BCUT2D eigenvalue weighted by atomic mass is 9.94. The van der Waals surface area contributed by atoms with Crippen LogP contribution in [0.2, 0.25) is 0 Å². The first-order chi connectivity index (χ1) is 8.79. The number of ether oxygens (including phenoxy) is 1. The third-order valence-electron chi connectivity index (χ3n) is 3.28. The maximum atomic E-state index is 11.3. The van der Waals surface area contributed by atoms with Gasteiger partial charge in [0, 0.05) is 12.2 Å². The zero-order valence-corrected chi connectivity index (χ0v) is 10.7. The molecule has 0 bridgehead atoms. The maximum Gasteiger partial charge on any atom is 0.337 e. The summed E-state index contributed by atoms with van der Waals surface area (Å²) in [4.78, 5) is 11.3. The Labute approximate surface area is 108 Å². The normalized spacial score (nSPS) is 18.4. The van der Waals surface area contributed by atoms with Crippen LogP contribution in [0.4, 0.5) is 5.69 Å². The molecule has 0 saturated heterocycles. The average Bonchev–Trinajstić information content (AvgIpc) is 2.46. The molecular formula is C15H19NO2. The Morgan fingerprint density at radius 3 is 2.72 bits per heavy atom. The van der Waals surface area contributed by atoms with Gasteiger partial charge in [-0.25, -0.2) is 4.79 Å². The van der Waals surface area contributed by atoms with Gasteiger partial charge in [0.05, 0.1) is 12.7 Å². The zero-order chi connectivity index (χ0) is 12.8. The molecule has 0 radical (unpaired) electrons. The first-order valence-electron chi connectivity index (χ1n) is 6.37. The summed E-state index contributed by atoms with van der Waals surface area (Å²) in [7, 11) is 1.39. The minimum absolute atomic E-state index is 0.293. The van der Waals surface area contributed by atoms with Gasteiger partial charge in [0.15, 0.2) is 0 Å². The summed E-state index contributed by atoms with van der Waals surface area (Å²) in [6.45, 7) is 0.988. The summed E-state index contributed by atoms with van der Waals surface area (Å²) in [6.07, 6.45) is 8.11. The van der Waals surface area contributed by atoms with Crippen LogP contribution in [0.25, 0.3) is 0 Å². The molecule has 0 aromatic heterocycles. The van der Waals surface area contributed by atoms with Crippen LogP contribution in [0.3, 0.4) is 0 Å². The number of hydrogen-bond acceptors (Lipinski definition) is 3. The first kappa shape index (κ1) is 12.7. The molecule has 96 valence electrons. The van der Waals surface area contributed by atoms with Crippen molar-refractivity contribution in [1.82, 2.24) is 0 Å². The third-order valence-corrected chi connectivity index (χ3v) is 3.28. The van der Waals surface area contributed by atoms with Gasteiger partial charge in [-0.3, -0.25) is 0 Å². The lowest BCUT2D eigenvalue weighted by molar-refractivity contribution is 0.0601. The number of rotatable bonds is 4. The van der Waals surface area contributed by atoms with E-state index in [1.807, 2.05) is 12.1 Å².